The lowest BCUT2D eigenvalue weighted by Crippen LogP contribution is -2.18. The first-order valence-electron chi connectivity index (χ1n) is 5.23. The van der Waals surface area contributed by atoms with Gasteiger partial charge in [-0.3, -0.25) is 9.89 Å². The summed E-state index contributed by atoms with van der Waals surface area (Å²) >= 11 is 0. The quantitative estimate of drug-likeness (QED) is 0.727. The summed E-state index contributed by atoms with van der Waals surface area (Å²) in [7, 11) is -2.15. The molecular weight excluding hydrogens is 270 g/mol. The van der Waals surface area contributed by atoms with E-state index in [-0.39, 0.29) is 10.7 Å². The van der Waals surface area contributed by atoms with Crippen molar-refractivity contribution < 1.29 is 13.2 Å². The van der Waals surface area contributed by atoms with Gasteiger partial charge in [0.2, 0.25) is 15.8 Å². The highest BCUT2D eigenvalue weighted by Gasteiger charge is 2.12. The molecule has 0 unspecified atom stereocenters. The van der Waals surface area contributed by atoms with Crippen molar-refractivity contribution >= 4 is 21.6 Å². The second kappa shape index (κ2) is 5.16. The van der Waals surface area contributed by atoms with Crippen LogP contribution in [0.15, 0.2) is 35.5 Å². The molecule has 0 saturated carbocycles. The Hall–Kier alpha value is -2.26. The maximum atomic E-state index is 11.6. The molecule has 0 aliphatic heterocycles. The Bertz CT molecular complexity index is 664. The van der Waals surface area contributed by atoms with E-state index in [9.17, 15) is 13.2 Å². The molecule has 2 rings (SSSR count). The van der Waals surface area contributed by atoms with Crippen LogP contribution in [0.2, 0.25) is 0 Å². The molecule has 1 amide bonds. The molecule has 0 aliphatic carbocycles. The average Bonchev–Trinajstić information content (AvgIpc) is 2.93. The van der Waals surface area contributed by atoms with E-state index in [0.717, 1.165) is 0 Å². The fraction of sp³-hybridized carbons (Fsp3) is 0.100. The molecule has 0 saturated heterocycles. The molecule has 1 aromatic carbocycles. The van der Waals surface area contributed by atoms with Crippen LogP contribution >= 0.6 is 0 Å². The fourth-order valence-corrected chi connectivity index (χ4v) is 2.07. The van der Waals surface area contributed by atoms with Gasteiger partial charge >= 0.3 is 0 Å². The van der Waals surface area contributed by atoms with Crippen molar-refractivity contribution in [2.24, 2.45) is 0 Å². The molecular formula is C10H11N5O3S. The van der Waals surface area contributed by atoms with E-state index in [4.69, 9.17) is 0 Å². The number of hydrogen-bond donors (Lipinski definition) is 3. The zero-order valence-electron chi connectivity index (χ0n) is 9.91. The van der Waals surface area contributed by atoms with Gasteiger partial charge in [0.25, 0.3) is 5.91 Å². The standard InChI is InChI=1S/C10H11N5O3S/c1-11-19(17,18)8-4-2-7(3-5-8)14-10(16)9-12-6-13-15-9/h2-6,11H,1H3,(H,14,16)(H,12,13,15). The minimum absolute atomic E-state index is 0.0759. The van der Waals surface area contributed by atoms with Crippen molar-refractivity contribution in [1.29, 1.82) is 0 Å². The highest BCUT2D eigenvalue weighted by atomic mass is 32.2. The van der Waals surface area contributed by atoms with Gasteiger partial charge in [-0.05, 0) is 31.3 Å². The van der Waals surface area contributed by atoms with Crippen molar-refractivity contribution in [1.82, 2.24) is 19.9 Å². The van der Waals surface area contributed by atoms with E-state index in [1.807, 2.05) is 0 Å². The lowest BCUT2D eigenvalue weighted by molar-refractivity contribution is 0.101. The number of anilines is 1. The molecule has 8 nitrogen and oxygen atoms in total. The Morgan fingerprint density at radius 1 is 1.26 bits per heavy atom. The molecule has 0 atom stereocenters. The number of H-pyrrole nitrogens is 1. The number of carbonyl (C=O) groups excluding carboxylic acids is 1. The number of aromatic amines is 1. The van der Waals surface area contributed by atoms with Crippen LogP contribution in [0, 0.1) is 0 Å². The van der Waals surface area contributed by atoms with Crippen LogP contribution in [0.4, 0.5) is 5.69 Å². The maximum Gasteiger partial charge on any atom is 0.292 e. The lowest BCUT2D eigenvalue weighted by atomic mass is 10.3. The van der Waals surface area contributed by atoms with E-state index in [1.165, 1.54) is 37.6 Å². The molecule has 1 aromatic heterocycles. The van der Waals surface area contributed by atoms with Crippen molar-refractivity contribution in [2.75, 3.05) is 12.4 Å². The molecule has 0 spiro atoms. The molecule has 3 N–H and O–H groups in total. The van der Waals surface area contributed by atoms with Gasteiger partial charge in [0.05, 0.1) is 4.90 Å². The predicted molar refractivity (Wildman–Crippen MR) is 67.0 cm³/mol. The third kappa shape index (κ3) is 2.95. The largest absolute Gasteiger partial charge is 0.319 e. The summed E-state index contributed by atoms with van der Waals surface area (Å²) in [5, 5.41) is 8.53. The second-order valence-corrected chi connectivity index (χ2v) is 5.41. The monoisotopic (exact) mass is 281 g/mol. The summed E-state index contributed by atoms with van der Waals surface area (Å²) in [6.07, 6.45) is 1.22. The minimum Gasteiger partial charge on any atom is -0.319 e. The number of benzene rings is 1. The Morgan fingerprint density at radius 3 is 2.47 bits per heavy atom. The third-order valence-electron chi connectivity index (χ3n) is 2.32. The fourth-order valence-electron chi connectivity index (χ4n) is 1.34. The Morgan fingerprint density at radius 2 is 1.95 bits per heavy atom. The van der Waals surface area contributed by atoms with Gasteiger partial charge in [-0.15, -0.1) is 0 Å². The first kappa shape index (κ1) is 13.2. The smallest absolute Gasteiger partial charge is 0.292 e. The number of aromatic nitrogens is 3. The normalized spacial score (nSPS) is 11.2. The van der Waals surface area contributed by atoms with Crippen molar-refractivity contribution in [2.45, 2.75) is 4.90 Å². The number of hydrogen-bond acceptors (Lipinski definition) is 5. The van der Waals surface area contributed by atoms with E-state index >= 15 is 0 Å². The van der Waals surface area contributed by atoms with Gasteiger partial charge in [-0.2, -0.15) is 5.10 Å². The molecule has 19 heavy (non-hydrogen) atoms. The van der Waals surface area contributed by atoms with Gasteiger partial charge in [0, 0.05) is 5.69 Å². The predicted octanol–water partition coefficient (Wildman–Crippen LogP) is -0.0349. The molecule has 1 heterocycles. The van der Waals surface area contributed by atoms with Gasteiger partial charge < -0.3 is 5.32 Å². The van der Waals surface area contributed by atoms with Gasteiger partial charge in [0.1, 0.15) is 6.33 Å². The van der Waals surface area contributed by atoms with Crippen LogP contribution in [0.5, 0.6) is 0 Å². The minimum atomic E-state index is -3.48. The average molecular weight is 281 g/mol. The summed E-state index contributed by atoms with van der Waals surface area (Å²) in [6.45, 7) is 0. The zero-order chi connectivity index (χ0) is 13.9. The van der Waals surface area contributed by atoms with Crippen LogP contribution in [-0.2, 0) is 10.0 Å². The van der Waals surface area contributed by atoms with Crippen LogP contribution in [0.1, 0.15) is 10.6 Å². The summed E-state index contributed by atoms with van der Waals surface area (Å²) in [5.41, 5.74) is 0.455. The number of rotatable bonds is 4. The second-order valence-electron chi connectivity index (χ2n) is 3.52. The number of sulfonamides is 1. The molecule has 0 bridgehead atoms. The molecule has 0 aliphatic rings. The molecule has 9 heteroatoms. The van der Waals surface area contributed by atoms with Gasteiger partial charge in [-0.1, -0.05) is 0 Å². The number of nitrogens with one attached hydrogen (secondary N) is 3. The van der Waals surface area contributed by atoms with Crippen molar-refractivity contribution in [3.8, 4) is 0 Å². The summed E-state index contributed by atoms with van der Waals surface area (Å²) in [4.78, 5) is 15.5. The van der Waals surface area contributed by atoms with E-state index in [2.05, 4.69) is 25.2 Å². The van der Waals surface area contributed by atoms with Crippen molar-refractivity contribution in [3.63, 3.8) is 0 Å². The van der Waals surface area contributed by atoms with E-state index in [0.29, 0.717) is 5.69 Å². The number of nitrogens with zero attached hydrogens (tertiary/aromatic N) is 2. The first-order chi connectivity index (χ1) is 9.03. The SMILES string of the molecule is CNS(=O)(=O)c1ccc(NC(=O)c2ncn[nH]2)cc1. The number of carbonyl (C=O) groups is 1. The Balaban J connectivity index is 2.14. The lowest BCUT2D eigenvalue weighted by Gasteiger charge is -2.05. The Kier molecular flexibility index (Phi) is 3.58. The molecule has 100 valence electrons. The highest BCUT2D eigenvalue weighted by Crippen LogP contribution is 2.14. The van der Waals surface area contributed by atoms with Crippen LogP contribution in [-0.4, -0.2) is 36.6 Å². The molecule has 0 radical (unpaired) electrons. The van der Waals surface area contributed by atoms with Crippen LogP contribution < -0.4 is 10.0 Å². The zero-order valence-corrected chi connectivity index (χ0v) is 10.7. The van der Waals surface area contributed by atoms with Gasteiger partial charge in [-0.25, -0.2) is 18.1 Å². The maximum absolute atomic E-state index is 11.6. The van der Waals surface area contributed by atoms with Gasteiger partial charge in [0.15, 0.2) is 0 Å². The summed E-state index contributed by atoms with van der Waals surface area (Å²) in [5.74, 6) is -0.381. The third-order valence-corrected chi connectivity index (χ3v) is 3.75. The molecule has 0 fully saturated rings. The van der Waals surface area contributed by atoms with Crippen LogP contribution in [0.25, 0.3) is 0 Å². The number of amides is 1. The Labute approximate surface area is 109 Å². The van der Waals surface area contributed by atoms with E-state index < -0.39 is 15.9 Å². The van der Waals surface area contributed by atoms with Crippen LogP contribution in [0.3, 0.4) is 0 Å². The first-order valence-corrected chi connectivity index (χ1v) is 6.71. The summed E-state index contributed by atoms with van der Waals surface area (Å²) < 4.78 is 25.2. The topological polar surface area (TPSA) is 117 Å². The van der Waals surface area contributed by atoms with Crippen molar-refractivity contribution in [3.05, 3.63) is 36.4 Å². The summed E-state index contributed by atoms with van der Waals surface area (Å²) in [6, 6.07) is 5.75. The highest BCUT2D eigenvalue weighted by molar-refractivity contribution is 7.89. The molecule has 2 aromatic rings. The van der Waals surface area contributed by atoms with E-state index in [1.54, 1.807) is 0 Å².